The average molecular weight is 380 g/mol. The van der Waals surface area contributed by atoms with E-state index in [0.717, 1.165) is 19.2 Å². The van der Waals surface area contributed by atoms with E-state index in [9.17, 15) is 21.6 Å². The molecule has 1 saturated heterocycles. The molecule has 1 heterocycles. The van der Waals surface area contributed by atoms with Crippen LogP contribution in [0.5, 0.6) is 0 Å². The Morgan fingerprint density at radius 1 is 1.32 bits per heavy atom. The maximum Gasteiger partial charge on any atom is 0.501 e. The first-order chi connectivity index (χ1) is 11.6. The summed E-state index contributed by atoms with van der Waals surface area (Å²) >= 11 is 0. The van der Waals surface area contributed by atoms with Gasteiger partial charge in [-0.25, -0.2) is 8.42 Å². The Morgan fingerprint density at radius 3 is 2.64 bits per heavy atom. The Hall–Kier alpha value is -1.32. The summed E-state index contributed by atoms with van der Waals surface area (Å²) in [6.07, 6.45) is -0.214. The number of hydrogen-bond acceptors (Lipinski definition) is 5. The van der Waals surface area contributed by atoms with Gasteiger partial charge in [0.15, 0.2) is 0 Å². The molecule has 0 spiro atoms. The third-order valence-corrected chi connectivity index (χ3v) is 5.39. The van der Waals surface area contributed by atoms with Crippen molar-refractivity contribution in [3.63, 3.8) is 0 Å². The Bertz CT molecular complexity index is 677. The number of rotatable bonds is 6. The lowest BCUT2D eigenvalue weighted by molar-refractivity contribution is -0.0435. The third-order valence-electron chi connectivity index (χ3n) is 3.85. The molecule has 2 rings (SSSR count). The molecule has 25 heavy (non-hydrogen) atoms. The minimum atomic E-state index is -5.40. The molecule has 0 amide bonds. The van der Waals surface area contributed by atoms with E-state index in [-0.39, 0.29) is 18.3 Å². The number of ether oxygens (including phenoxy) is 1. The summed E-state index contributed by atoms with van der Waals surface area (Å²) in [4.78, 5) is 1.47. The summed E-state index contributed by atoms with van der Waals surface area (Å²) in [5.41, 5.74) is -5.40. The van der Waals surface area contributed by atoms with Gasteiger partial charge in [0.05, 0.1) is 23.3 Å². The molecule has 9 heteroatoms. The van der Waals surface area contributed by atoms with Gasteiger partial charge in [0.1, 0.15) is 0 Å². The van der Waals surface area contributed by atoms with E-state index in [1.165, 1.54) is 18.2 Å². The van der Waals surface area contributed by atoms with Crippen molar-refractivity contribution in [2.75, 3.05) is 38.1 Å². The number of halogens is 3. The van der Waals surface area contributed by atoms with Gasteiger partial charge in [0.25, 0.3) is 9.84 Å². The number of para-hydroxylation sites is 1. The van der Waals surface area contributed by atoms with Crippen molar-refractivity contribution in [3.05, 3.63) is 24.3 Å². The van der Waals surface area contributed by atoms with Crippen LogP contribution in [0, 0.1) is 5.92 Å². The van der Waals surface area contributed by atoms with Crippen LogP contribution in [-0.4, -0.2) is 57.7 Å². The Balaban J connectivity index is 2.07. The number of sulfone groups is 1. The van der Waals surface area contributed by atoms with Gasteiger partial charge in [-0.15, -0.1) is 0 Å². The summed E-state index contributed by atoms with van der Waals surface area (Å²) < 4.78 is 67.5. The van der Waals surface area contributed by atoms with Crippen LogP contribution < -0.4 is 5.32 Å². The highest BCUT2D eigenvalue weighted by molar-refractivity contribution is 7.92. The van der Waals surface area contributed by atoms with Crippen molar-refractivity contribution in [1.82, 2.24) is 4.90 Å². The standard InChI is InChI=1S/C16H23F3N2O3S/c1-12(2)10-21-7-8-24-13(11-21)9-20-14-5-3-4-6-15(14)25(22,23)16(17,18)19/h3-6,12-13,20H,7-11H2,1-2H3. The maximum atomic E-state index is 12.8. The molecule has 0 aromatic heterocycles. The quantitative estimate of drug-likeness (QED) is 0.822. The summed E-state index contributed by atoms with van der Waals surface area (Å²) in [6.45, 7) is 7.38. The van der Waals surface area contributed by atoms with Crippen LogP contribution in [0.25, 0.3) is 0 Å². The molecule has 1 aliphatic heterocycles. The number of anilines is 1. The van der Waals surface area contributed by atoms with Crippen LogP contribution in [-0.2, 0) is 14.6 Å². The lowest BCUT2D eigenvalue weighted by Crippen LogP contribution is -2.46. The summed E-state index contributed by atoms with van der Waals surface area (Å²) in [7, 11) is -5.40. The fraction of sp³-hybridized carbons (Fsp3) is 0.625. The molecule has 0 saturated carbocycles. The normalized spacial score (nSPS) is 20.0. The number of alkyl halides is 3. The molecule has 142 valence electrons. The number of benzene rings is 1. The first kappa shape index (κ1) is 20.0. The third kappa shape index (κ3) is 5.08. The van der Waals surface area contributed by atoms with Crippen molar-refractivity contribution in [2.24, 2.45) is 5.92 Å². The summed E-state index contributed by atoms with van der Waals surface area (Å²) in [5, 5.41) is 2.80. The average Bonchev–Trinajstić information content (AvgIpc) is 2.52. The molecule has 0 bridgehead atoms. The largest absolute Gasteiger partial charge is 0.501 e. The molecule has 1 fully saturated rings. The number of hydrogen-bond donors (Lipinski definition) is 1. The van der Waals surface area contributed by atoms with E-state index in [4.69, 9.17) is 4.74 Å². The molecular formula is C16H23F3N2O3S. The molecule has 1 atom stereocenters. The monoisotopic (exact) mass is 380 g/mol. The highest BCUT2D eigenvalue weighted by Gasteiger charge is 2.47. The van der Waals surface area contributed by atoms with Crippen molar-refractivity contribution >= 4 is 15.5 Å². The van der Waals surface area contributed by atoms with E-state index in [1.807, 2.05) is 0 Å². The molecule has 1 unspecified atom stereocenters. The van der Waals surface area contributed by atoms with Crippen LogP contribution >= 0.6 is 0 Å². The second-order valence-corrected chi connectivity index (χ2v) is 8.38. The van der Waals surface area contributed by atoms with E-state index in [2.05, 4.69) is 24.1 Å². The van der Waals surface area contributed by atoms with Gasteiger partial charge in [-0.1, -0.05) is 26.0 Å². The molecule has 5 nitrogen and oxygen atoms in total. The number of morpholine rings is 1. The highest BCUT2D eigenvalue weighted by atomic mass is 32.2. The fourth-order valence-corrected chi connectivity index (χ4v) is 3.72. The molecule has 0 aliphatic carbocycles. The van der Waals surface area contributed by atoms with Gasteiger partial charge < -0.3 is 10.1 Å². The predicted octanol–water partition coefficient (Wildman–Crippen LogP) is 2.75. The van der Waals surface area contributed by atoms with E-state index in [0.29, 0.717) is 19.1 Å². The Labute approximate surface area is 146 Å². The van der Waals surface area contributed by atoms with Gasteiger partial charge in [-0.2, -0.15) is 13.2 Å². The van der Waals surface area contributed by atoms with Gasteiger partial charge in [0.2, 0.25) is 0 Å². The SMILES string of the molecule is CC(C)CN1CCOC(CNc2ccccc2S(=O)(=O)C(F)(F)F)C1. The van der Waals surface area contributed by atoms with E-state index >= 15 is 0 Å². The van der Waals surface area contributed by atoms with Crippen molar-refractivity contribution in [3.8, 4) is 0 Å². The molecule has 1 aliphatic rings. The minimum Gasteiger partial charge on any atom is -0.381 e. The second-order valence-electron chi connectivity index (χ2n) is 6.47. The molecule has 1 aromatic carbocycles. The van der Waals surface area contributed by atoms with Crippen LogP contribution in [0.2, 0.25) is 0 Å². The van der Waals surface area contributed by atoms with Gasteiger partial charge in [0, 0.05) is 26.2 Å². The second kappa shape index (κ2) is 7.92. The summed E-state index contributed by atoms with van der Waals surface area (Å²) in [5.74, 6) is 0.504. The smallest absolute Gasteiger partial charge is 0.381 e. The molecule has 1 N–H and O–H groups in total. The Kier molecular flexibility index (Phi) is 6.34. The van der Waals surface area contributed by atoms with Crippen molar-refractivity contribution in [1.29, 1.82) is 0 Å². The van der Waals surface area contributed by atoms with Gasteiger partial charge >= 0.3 is 5.51 Å². The van der Waals surface area contributed by atoms with E-state index < -0.39 is 20.2 Å². The molecular weight excluding hydrogens is 357 g/mol. The number of nitrogens with zero attached hydrogens (tertiary/aromatic N) is 1. The van der Waals surface area contributed by atoms with Gasteiger partial charge in [-0.05, 0) is 18.1 Å². The zero-order valence-electron chi connectivity index (χ0n) is 14.2. The topological polar surface area (TPSA) is 58.6 Å². The zero-order chi connectivity index (χ0) is 18.7. The highest BCUT2D eigenvalue weighted by Crippen LogP contribution is 2.34. The van der Waals surface area contributed by atoms with Crippen molar-refractivity contribution < 1.29 is 26.3 Å². The molecule has 0 radical (unpaired) electrons. The first-order valence-corrected chi connectivity index (χ1v) is 9.58. The van der Waals surface area contributed by atoms with Crippen LogP contribution in [0.1, 0.15) is 13.8 Å². The maximum absolute atomic E-state index is 12.8. The van der Waals surface area contributed by atoms with Crippen LogP contribution in [0.4, 0.5) is 18.9 Å². The molecule has 1 aromatic rings. The van der Waals surface area contributed by atoms with E-state index in [1.54, 1.807) is 0 Å². The lowest BCUT2D eigenvalue weighted by Gasteiger charge is -2.34. The first-order valence-electron chi connectivity index (χ1n) is 8.09. The summed E-state index contributed by atoms with van der Waals surface area (Å²) in [6, 6.07) is 5.04. The predicted molar refractivity (Wildman–Crippen MR) is 89.2 cm³/mol. The van der Waals surface area contributed by atoms with Gasteiger partial charge in [-0.3, -0.25) is 4.90 Å². The van der Waals surface area contributed by atoms with Crippen LogP contribution in [0.3, 0.4) is 0 Å². The fourth-order valence-electron chi connectivity index (χ4n) is 2.78. The van der Waals surface area contributed by atoms with Crippen molar-refractivity contribution in [2.45, 2.75) is 30.4 Å². The number of nitrogens with one attached hydrogen (secondary N) is 1. The Morgan fingerprint density at radius 2 is 2.00 bits per heavy atom. The minimum absolute atomic E-state index is 0.0654. The van der Waals surface area contributed by atoms with Crippen LogP contribution in [0.15, 0.2) is 29.2 Å². The lowest BCUT2D eigenvalue weighted by atomic mass is 10.2. The zero-order valence-corrected chi connectivity index (χ0v) is 15.0.